The molecule has 112 valence electrons. The summed E-state index contributed by atoms with van der Waals surface area (Å²) in [6.07, 6.45) is 0. The van der Waals surface area contributed by atoms with E-state index in [0.29, 0.717) is 28.9 Å². The largest absolute Gasteiger partial charge is 0.491 e. The monoisotopic (exact) mass is 323 g/mol. The molecule has 21 heavy (non-hydrogen) atoms. The van der Waals surface area contributed by atoms with Gasteiger partial charge in [0.1, 0.15) is 0 Å². The highest BCUT2D eigenvalue weighted by molar-refractivity contribution is 6.37. The average molecular weight is 324 g/mol. The number of ether oxygens (including phenoxy) is 1. The Morgan fingerprint density at radius 1 is 1.10 bits per heavy atom. The molecule has 2 aromatic carbocycles. The summed E-state index contributed by atoms with van der Waals surface area (Å²) in [6.45, 7) is 5.28. The normalized spacial score (nSPS) is 12.2. The molecular formula is C17H19Cl2NO. The number of halogens is 2. The fourth-order valence-corrected chi connectivity index (χ4v) is 2.77. The second-order valence-corrected chi connectivity index (χ2v) is 5.65. The zero-order chi connectivity index (χ0) is 15.2. The van der Waals surface area contributed by atoms with Gasteiger partial charge in [0, 0.05) is 12.6 Å². The number of rotatable bonds is 6. The predicted octanol–water partition coefficient (Wildman–Crippen LogP) is 5.24. The van der Waals surface area contributed by atoms with Crippen molar-refractivity contribution in [3.63, 3.8) is 0 Å². The maximum atomic E-state index is 6.21. The zero-order valence-electron chi connectivity index (χ0n) is 12.2. The Bertz CT molecular complexity index is 564. The minimum atomic E-state index is 0.260. The van der Waals surface area contributed by atoms with E-state index in [1.54, 1.807) is 0 Å². The molecule has 0 radical (unpaired) electrons. The molecule has 0 saturated carbocycles. The number of hydrogen-bond acceptors (Lipinski definition) is 2. The summed E-state index contributed by atoms with van der Waals surface area (Å²) in [5.41, 5.74) is 2.29. The summed E-state index contributed by atoms with van der Waals surface area (Å²) in [4.78, 5) is 0. The van der Waals surface area contributed by atoms with E-state index in [2.05, 4.69) is 24.4 Å². The molecule has 0 bridgehead atoms. The molecule has 0 fully saturated rings. The van der Waals surface area contributed by atoms with Gasteiger partial charge in [-0.3, -0.25) is 0 Å². The van der Waals surface area contributed by atoms with Crippen LogP contribution in [-0.2, 0) is 6.54 Å². The molecule has 1 N–H and O–H groups in total. The minimum absolute atomic E-state index is 0.260. The van der Waals surface area contributed by atoms with Crippen LogP contribution in [0.15, 0.2) is 42.5 Å². The van der Waals surface area contributed by atoms with Crippen LogP contribution >= 0.6 is 23.2 Å². The Labute approximate surface area is 136 Å². The van der Waals surface area contributed by atoms with Gasteiger partial charge in [-0.1, -0.05) is 53.5 Å². The van der Waals surface area contributed by atoms with Gasteiger partial charge < -0.3 is 10.1 Å². The smallest absolute Gasteiger partial charge is 0.156 e. The first-order valence-corrected chi connectivity index (χ1v) is 7.76. The van der Waals surface area contributed by atoms with Crippen LogP contribution in [0.3, 0.4) is 0 Å². The quantitative estimate of drug-likeness (QED) is 0.784. The van der Waals surface area contributed by atoms with E-state index in [1.165, 1.54) is 5.56 Å². The van der Waals surface area contributed by atoms with Crippen LogP contribution in [0.25, 0.3) is 0 Å². The SMILES string of the molecule is CCOc1c(Cl)cc(CNC(C)c2ccccc2)cc1Cl. The van der Waals surface area contributed by atoms with Crippen molar-refractivity contribution in [1.29, 1.82) is 0 Å². The summed E-state index contributed by atoms with van der Waals surface area (Å²) in [5.74, 6) is 0.556. The maximum absolute atomic E-state index is 6.21. The Balaban J connectivity index is 2.04. The molecule has 0 saturated heterocycles. The lowest BCUT2D eigenvalue weighted by Crippen LogP contribution is -2.18. The number of benzene rings is 2. The van der Waals surface area contributed by atoms with Crippen molar-refractivity contribution in [3.8, 4) is 5.75 Å². The predicted molar refractivity (Wildman–Crippen MR) is 89.3 cm³/mol. The van der Waals surface area contributed by atoms with E-state index in [0.717, 1.165) is 5.56 Å². The molecule has 0 aromatic heterocycles. The van der Waals surface area contributed by atoms with Crippen LogP contribution in [0.5, 0.6) is 5.75 Å². The van der Waals surface area contributed by atoms with E-state index in [4.69, 9.17) is 27.9 Å². The first-order valence-electron chi connectivity index (χ1n) is 7.01. The van der Waals surface area contributed by atoms with Crippen molar-refractivity contribution in [2.45, 2.75) is 26.4 Å². The first-order chi connectivity index (χ1) is 10.1. The number of hydrogen-bond donors (Lipinski definition) is 1. The van der Waals surface area contributed by atoms with Gasteiger partial charge in [0.15, 0.2) is 5.75 Å². The first kappa shape index (κ1) is 16.2. The molecule has 0 spiro atoms. The van der Waals surface area contributed by atoms with E-state index < -0.39 is 0 Å². The van der Waals surface area contributed by atoms with Crippen molar-refractivity contribution in [1.82, 2.24) is 5.32 Å². The van der Waals surface area contributed by atoms with Crippen LogP contribution in [-0.4, -0.2) is 6.61 Å². The van der Waals surface area contributed by atoms with Crippen LogP contribution < -0.4 is 10.1 Å². The van der Waals surface area contributed by atoms with Gasteiger partial charge in [-0.2, -0.15) is 0 Å². The molecule has 0 aliphatic heterocycles. The lowest BCUT2D eigenvalue weighted by Gasteiger charge is -2.15. The van der Waals surface area contributed by atoms with E-state index in [1.807, 2.05) is 37.3 Å². The molecule has 1 unspecified atom stereocenters. The highest BCUT2D eigenvalue weighted by Gasteiger charge is 2.10. The van der Waals surface area contributed by atoms with Gasteiger partial charge in [-0.05, 0) is 37.1 Å². The Morgan fingerprint density at radius 2 is 1.71 bits per heavy atom. The van der Waals surface area contributed by atoms with Crippen LogP contribution in [0.1, 0.15) is 31.0 Å². The summed E-state index contributed by atoms with van der Waals surface area (Å²) < 4.78 is 5.43. The lowest BCUT2D eigenvalue weighted by atomic mass is 10.1. The van der Waals surface area contributed by atoms with Crippen LogP contribution in [0.2, 0.25) is 10.0 Å². The van der Waals surface area contributed by atoms with Crippen molar-refractivity contribution in [2.24, 2.45) is 0 Å². The molecule has 0 aliphatic rings. The second-order valence-electron chi connectivity index (χ2n) is 4.83. The van der Waals surface area contributed by atoms with Crippen molar-refractivity contribution < 1.29 is 4.74 Å². The summed E-state index contributed by atoms with van der Waals surface area (Å²) in [7, 11) is 0. The maximum Gasteiger partial charge on any atom is 0.156 e. The molecule has 1 atom stereocenters. The molecule has 0 amide bonds. The van der Waals surface area contributed by atoms with E-state index >= 15 is 0 Å². The third kappa shape index (κ3) is 4.37. The highest BCUT2D eigenvalue weighted by Crippen LogP contribution is 2.34. The van der Waals surface area contributed by atoms with E-state index in [9.17, 15) is 0 Å². The average Bonchev–Trinajstić information content (AvgIpc) is 2.49. The number of nitrogens with one attached hydrogen (secondary N) is 1. The fraction of sp³-hybridized carbons (Fsp3) is 0.294. The van der Waals surface area contributed by atoms with E-state index in [-0.39, 0.29) is 6.04 Å². The van der Waals surface area contributed by atoms with Crippen molar-refractivity contribution in [3.05, 3.63) is 63.6 Å². The zero-order valence-corrected chi connectivity index (χ0v) is 13.7. The third-order valence-corrected chi connectivity index (χ3v) is 3.82. The third-order valence-electron chi connectivity index (χ3n) is 3.26. The Kier molecular flexibility index (Phi) is 5.92. The Morgan fingerprint density at radius 3 is 2.29 bits per heavy atom. The summed E-state index contributed by atoms with van der Waals surface area (Å²) in [6, 6.07) is 14.4. The molecule has 0 aliphatic carbocycles. The van der Waals surface area contributed by atoms with Gasteiger partial charge >= 0.3 is 0 Å². The Hall–Kier alpha value is -1.22. The van der Waals surface area contributed by atoms with Crippen LogP contribution in [0, 0.1) is 0 Å². The molecular weight excluding hydrogens is 305 g/mol. The topological polar surface area (TPSA) is 21.3 Å². The van der Waals surface area contributed by atoms with Gasteiger partial charge in [0.05, 0.1) is 16.7 Å². The minimum Gasteiger partial charge on any atom is -0.491 e. The van der Waals surface area contributed by atoms with Gasteiger partial charge in [0.2, 0.25) is 0 Å². The lowest BCUT2D eigenvalue weighted by molar-refractivity contribution is 0.340. The van der Waals surface area contributed by atoms with Crippen molar-refractivity contribution in [2.75, 3.05) is 6.61 Å². The molecule has 2 aromatic rings. The summed E-state index contributed by atoms with van der Waals surface area (Å²) in [5, 5.41) is 4.56. The van der Waals surface area contributed by atoms with Crippen molar-refractivity contribution >= 4 is 23.2 Å². The fourth-order valence-electron chi connectivity index (χ4n) is 2.13. The van der Waals surface area contributed by atoms with Gasteiger partial charge in [0.25, 0.3) is 0 Å². The second kappa shape index (κ2) is 7.69. The summed E-state index contributed by atoms with van der Waals surface area (Å²) >= 11 is 12.4. The highest BCUT2D eigenvalue weighted by atomic mass is 35.5. The van der Waals surface area contributed by atoms with Crippen LogP contribution in [0.4, 0.5) is 0 Å². The van der Waals surface area contributed by atoms with Gasteiger partial charge in [-0.15, -0.1) is 0 Å². The molecule has 4 heteroatoms. The van der Waals surface area contributed by atoms with Gasteiger partial charge in [-0.25, -0.2) is 0 Å². The molecule has 2 nitrogen and oxygen atoms in total. The standard InChI is InChI=1S/C17H19Cl2NO/c1-3-21-17-15(18)9-13(10-16(17)19)11-20-12(2)14-7-5-4-6-8-14/h4-10,12,20H,3,11H2,1-2H3. The molecule has 2 rings (SSSR count). The molecule has 0 heterocycles.